The van der Waals surface area contributed by atoms with Crippen LogP contribution in [-0.2, 0) is 12.8 Å². The molecule has 0 aromatic carbocycles. The van der Waals surface area contributed by atoms with E-state index in [4.69, 9.17) is 5.73 Å². The summed E-state index contributed by atoms with van der Waals surface area (Å²) in [7, 11) is 0. The van der Waals surface area contributed by atoms with Crippen LogP contribution in [0.25, 0.3) is 0 Å². The maximum atomic E-state index is 11.8. The van der Waals surface area contributed by atoms with E-state index in [2.05, 4.69) is 15.3 Å². The van der Waals surface area contributed by atoms with Gasteiger partial charge in [-0.3, -0.25) is 4.79 Å². The lowest BCUT2D eigenvalue weighted by molar-refractivity contribution is 0.0949. The van der Waals surface area contributed by atoms with Crippen molar-refractivity contribution in [3.63, 3.8) is 0 Å². The summed E-state index contributed by atoms with van der Waals surface area (Å²) < 4.78 is 0. The van der Waals surface area contributed by atoms with Crippen LogP contribution < -0.4 is 11.1 Å². The van der Waals surface area contributed by atoms with Crippen molar-refractivity contribution in [3.8, 4) is 0 Å². The fraction of sp³-hybridized carbons (Fsp3) is 0.364. The summed E-state index contributed by atoms with van der Waals surface area (Å²) in [6, 6.07) is 0. The molecule has 2 aromatic heterocycles. The highest BCUT2D eigenvalue weighted by molar-refractivity contribution is 7.10. The van der Waals surface area contributed by atoms with Crippen LogP contribution in [0.5, 0.6) is 0 Å². The predicted octanol–water partition coefficient (Wildman–Crippen LogP) is 1.07. The minimum atomic E-state index is -0.133. The largest absolute Gasteiger partial charge is 0.350 e. The molecule has 0 aliphatic carbocycles. The average Bonchev–Trinajstić information content (AvgIpc) is 3.00. The summed E-state index contributed by atoms with van der Waals surface area (Å²) in [5.74, 6) is -0.133. The van der Waals surface area contributed by atoms with E-state index in [1.54, 1.807) is 22.9 Å². The monoisotopic (exact) mass is 282 g/mol. The molecule has 2 rings (SSSR count). The van der Waals surface area contributed by atoms with Gasteiger partial charge in [0, 0.05) is 36.3 Å². The van der Waals surface area contributed by atoms with E-state index in [9.17, 15) is 4.79 Å². The highest BCUT2D eigenvalue weighted by Gasteiger charge is 2.09. The Morgan fingerprint density at radius 1 is 1.33 bits per heavy atom. The van der Waals surface area contributed by atoms with Gasteiger partial charge in [-0.05, 0) is 6.54 Å². The Labute approximate surface area is 113 Å². The third kappa shape index (κ3) is 3.59. The SMILES string of the molecule is NCCc1nc(C(=O)NCCc2nccs2)cs1. The molecule has 0 aliphatic heterocycles. The normalized spacial score (nSPS) is 10.5. The first-order valence-corrected chi connectivity index (χ1v) is 7.36. The molecule has 0 atom stereocenters. The van der Waals surface area contributed by atoms with Crippen LogP contribution in [0.2, 0.25) is 0 Å². The van der Waals surface area contributed by atoms with Gasteiger partial charge in [-0.2, -0.15) is 0 Å². The number of nitrogens with zero attached hydrogens (tertiary/aromatic N) is 2. The molecule has 0 saturated carbocycles. The topological polar surface area (TPSA) is 80.9 Å². The number of thiazole rings is 2. The van der Waals surface area contributed by atoms with E-state index in [1.807, 2.05) is 5.38 Å². The van der Waals surface area contributed by atoms with E-state index >= 15 is 0 Å². The van der Waals surface area contributed by atoms with Gasteiger partial charge in [0.1, 0.15) is 5.69 Å². The number of rotatable bonds is 6. The van der Waals surface area contributed by atoms with Gasteiger partial charge in [0.05, 0.1) is 10.0 Å². The molecule has 0 bridgehead atoms. The molecule has 0 saturated heterocycles. The van der Waals surface area contributed by atoms with Crippen LogP contribution in [0.1, 0.15) is 20.5 Å². The van der Waals surface area contributed by atoms with Crippen molar-refractivity contribution in [2.75, 3.05) is 13.1 Å². The number of nitrogens with two attached hydrogens (primary N) is 1. The Bertz CT molecular complexity index is 495. The number of carbonyl (C=O) groups excluding carboxylic acids is 1. The molecule has 2 heterocycles. The van der Waals surface area contributed by atoms with Crippen molar-refractivity contribution in [1.29, 1.82) is 0 Å². The zero-order chi connectivity index (χ0) is 12.8. The lowest BCUT2D eigenvalue weighted by Gasteiger charge is -2.00. The van der Waals surface area contributed by atoms with Gasteiger partial charge in [-0.1, -0.05) is 0 Å². The molecule has 1 amide bonds. The third-order valence-corrected chi connectivity index (χ3v) is 4.00. The lowest BCUT2D eigenvalue weighted by Crippen LogP contribution is -2.26. The number of carbonyl (C=O) groups is 1. The van der Waals surface area contributed by atoms with Crippen molar-refractivity contribution in [1.82, 2.24) is 15.3 Å². The smallest absolute Gasteiger partial charge is 0.270 e. The van der Waals surface area contributed by atoms with Crippen LogP contribution in [0.4, 0.5) is 0 Å². The predicted molar refractivity (Wildman–Crippen MR) is 73.0 cm³/mol. The zero-order valence-electron chi connectivity index (χ0n) is 9.76. The molecule has 0 aliphatic rings. The second-order valence-corrected chi connectivity index (χ2v) is 5.52. The number of aromatic nitrogens is 2. The second kappa shape index (κ2) is 6.58. The van der Waals surface area contributed by atoms with E-state index in [-0.39, 0.29) is 5.91 Å². The summed E-state index contributed by atoms with van der Waals surface area (Å²) in [5, 5.41) is 8.46. The molecule has 7 heteroatoms. The molecule has 0 unspecified atom stereocenters. The molecule has 2 aromatic rings. The third-order valence-electron chi connectivity index (χ3n) is 2.25. The molecule has 0 fully saturated rings. The molecule has 0 radical (unpaired) electrons. The molecule has 18 heavy (non-hydrogen) atoms. The number of hydrogen-bond acceptors (Lipinski definition) is 6. The standard InChI is InChI=1S/C11H14N4OS2/c12-3-1-10-15-8(7-18-10)11(16)14-4-2-9-13-5-6-17-9/h5-7H,1-4,12H2,(H,14,16). The highest BCUT2D eigenvalue weighted by Crippen LogP contribution is 2.10. The van der Waals surface area contributed by atoms with Gasteiger partial charge in [0.25, 0.3) is 5.91 Å². The minimum absolute atomic E-state index is 0.133. The van der Waals surface area contributed by atoms with E-state index in [0.717, 1.165) is 22.9 Å². The minimum Gasteiger partial charge on any atom is -0.350 e. The van der Waals surface area contributed by atoms with Crippen LogP contribution in [0.15, 0.2) is 17.0 Å². The Hall–Kier alpha value is -1.31. The van der Waals surface area contributed by atoms with E-state index in [1.165, 1.54) is 11.3 Å². The van der Waals surface area contributed by atoms with Crippen molar-refractivity contribution < 1.29 is 4.79 Å². The maximum Gasteiger partial charge on any atom is 0.270 e. The molecule has 3 N–H and O–H groups in total. The van der Waals surface area contributed by atoms with Crippen LogP contribution in [0, 0.1) is 0 Å². The summed E-state index contributed by atoms with van der Waals surface area (Å²) >= 11 is 3.06. The van der Waals surface area contributed by atoms with Gasteiger partial charge in [0.2, 0.25) is 0 Å². The Morgan fingerprint density at radius 2 is 2.22 bits per heavy atom. The van der Waals surface area contributed by atoms with Crippen molar-refractivity contribution in [3.05, 3.63) is 32.7 Å². The van der Waals surface area contributed by atoms with Gasteiger partial charge in [-0.25, -0.2) is 9.97 Å². The van der Waals surface area contributed by atoms with Crippen molar-refractivity contribution in [2.45, 2.75) is 12.8 Å². The number of hydrogen-bond donors (Lipinski definition) is 2. The van der Waals surface area contributed by atoms with E-state index < -0.39 is 0 Å². The van der Waals surface area contributed by atoms with Crippen LogP contribution in [-0.4, -0.2) is 29.0 Å². The fourth-order valence-corrected chi connectivity index (χ4v) is 2.82. The summed E-state index contributed by atoms with van der Waals surface area (Å²) in [4.78, 5) is 20.2. The Morgan fingerprint density at radius 3 is 2.94 bits per heavy atom. The number of amides is 1. The first kappa shape index (κ1) is 13.1. The quantitative estimate of drug-likeness (QED) is 0.830. The average molecular weight is 282 g/mol. The maximum absolute atomic E-state index is 11.8. The second-order valence-electron chi connectivity index (χ2n) is 3.60. The molecular formula is C11H14N4OS2. The van der Waals surface area contributed by atoms with E-state index in [0.29, 0.717) is 18.8 Å². The van der Waals surface area contributed by atoms with Gasteiger partial charge >= 0.3 is 0 Å². The molecular weight excluding hydrogens is 268 g/mol. The highest BCUT2D eigenvalue weighted by atomic mass is 32.1. The summed E-state index contributed by atoms with van der Waals surface area (Å²) in [6.45, 7) is 1.13. The summed E-state index contributed by atoms with van der Waals surface area (Å²) in [5.41, 5.74) is 5.92. The van der Waals surface area contributed by atoms with Gasteiger partial charge in [-0.15, -0.1) is 22.7 Å². The Balaban J connectivity index is 1.80. The molecule has 0 spiro atoms. The molecule has 96 valence electrons. The zero-order valence-corrected chi connectivity index (χ0v) is 11.4. The first-order chi connectivity index (χ1) is 8.79. The van der Waals surface area contributed by atoms with Crippen molar-refractivity contribution >= 4 is 28.6 Å². The molecule has 5 nitrogen and oxygen atoms in total. The fourth-order valence-electron chi connectivity index (χ4n) is 1.40. The Kier molecular flexibility index (Phi) is 4.80. The lowest BCUT2D eigenvalue weighted by atomic mass is 10.4. The van der Waals surface area contributed by atoms with Crippen LogP contribution >= 0.6 is 22.7 Å². The first-order valence-electron chi connectivity index (χ1n) is 5.60. The van der Waals surface area contributed by atoms with Gasteiger partial charge < -0.3 is 11.1 Å². The van der Waals surface area contributed by atoms with Crippen LogP contribution in [0.3, 0.4) is 0 Å². The summed E-state index contributed by atoms with van der Waals surface area (Å²) in [6.07, 6.45) is 3.24. The number of nitrogens with one attached hydrogen (secondary N) is 1. The van der Waals surface area contributed by atoms with Gasteiger partial charge in [0.15, 0.2) is 0 Å². The van der Waals surface area contributed by atoms with Crippen molar-refractivity contribution in [2.24, 2.45) is 5.73 Å².